The molecule has 2 heterocycles. The van der Waals surface area contributed by atoms with Crippen molar-refractivity contribution in [2.75, 3.05) is 18.0 Å². The summed E-state index contributed by atoms with van der Waals surface area (Å²) in [6, 6.07) is 24.6. The number of carbonyl (C=O) groups excluding carboxylic acids is 1. The molecule has 0 N–H and O–H groups in total. The molecule has 4 aromatic rings. The van der Waals surface area contributed by atoms with E-state index in [0.29, 0.717) is 18.7 Å². The molecule has 0 bridgehead atoms. The summed E-state index contributed by atoms with van der Waals surface area (Å²) in [5, 5.41) is 1.80. The third kappa shape index (κ3) is 5.58. The number of rotatable bonds is 8. The van der Waals surface area contributed by atoms with E-state index >= 15 is 8.78 Å². The fourth-order valence-electron chi connectivity index (χ4n) is 6.13. The van der Waals surface area contributed by atoms with Gasteiger partial charge in [-0.05, 0) is 47.5 Å². The molecular weight excluding hydrogens is 552 g/mol. The number of furan rings is 1. The van der Waals surface area contributed by atoms with Crippen molar-refractivity contribution in [3.8, 4) is 0 Å². The molecule has 42 heavy (non-hydrogen) atoms. The Morgan fingerprint density at radius 2 is 1.48 bits per heavy atom. The number of hydrogen-bond acceptors (Lipinski definition) is 5. The highest BCUT2D eigenvalue weighted by Crippen LogP contribution is 2.39. The number of ether oxygens (including phenoxy) is 1. The van der Waals surface area contributed by atoms with Crippen LogP contribution in [0.3, 0.4) is 0 Å². The number of anilines is 1. The van der Waals surface area contributed by atoms with Gasteiger partial charge < -0.3 is 18.5 Å². The summed E-state index contributed by atoms with van der Waals surface area (Å²) in [5.41, 5.74) is 0.114. The molecule has 1 aliphatic heterocycles. The molecule has 5 rings (SSSR count). The van der Waals surface area contributed by atoms with Gasteiger partial charge in [0.15, 0.2) is 17.4 Å². The van der Waals surface area contributed by atoms with Crippen LogP contribution >= 0.6 is 0 Å². The van der Waals surface area contributed by atoms with Gasteiger partial charge in [-0.3, -0.25) is 4.79 Å². The Labute approximate surface area is 247 Å². The molecule has 5 nitrogen and oxygen atoms in total. The highest BCUT2D eigenvalue weighted by Gasteiger charge is 2.50. The van der Waals surface area contributed by atoms with Crippen molar-refractivity contribution in [2.45, 2.75) is 58.5 Å². The highest BCUT2D eigenvalue weighted by atomic mass is 28.4. The molecule has 1 fully saturated rings. The summed E-state index contributed by atoms with van der Waals surface area (Å²) in [4.78, 5) is 15.1. The molecule has 2 unspecified atom stereocenters. The van der Waals surface area contributed by atoms with Crippen molar-refractivity contribution in [2.24, 2.45) is 0 Å². The lowest BCUT2D eigenvalue weighted by Gasteiger charge is -2.43. The predicted octanol–water partition coefficient (Wildman–Crippen LogP) is 6.48. The zero-order valence-electron chi connectivity index (χ0n) is 24.7. The van der Waals surface area contributed by atoms with Crippen LogP contribution < -0.4 is 15.3 Å². The summed E-state index contributed by atoms with van der Waals surface area (Å²) in [6.07, 6.45) is 0.955. The molecule has 8 heteroatoms. The minimum Gasteiger partial charge on any atom is -0.461 e. The number of benzene rings is 3. The maximum atomic E-state index is 16.2. The summed E-state index contributed by atoms with van der Waals surface area (Å²) < 4.78 is 50.1. The van der Waals surface area contributed by atoms with E-state index < -0.39 is 25.7 Å². The minimum absolute atomic E-state index is 0.0294. The monoisotopic (exact) mass is 589 g/mol. The number of hydrogen-bond donors (Lipinski definition) is 0. The van der Waals surface area contributed by atoms with Crippen LogP contribution in [-0.4, -0.2) is 39.4 Å². The van der Waals surface area contributed by atoms with Crippen LogP contribution in [0.5, 0.6) is 0 Å². The fraction of sp³-hybridized carbons (Fsp3) is 0.324. The molecular formula is C34H37F2NO4Si. The Morgan fingerprint density at radius 3 is 1.98 bits per heavy atom. The van der Waals surface area contributed by atoms with Crippen LogP contribution in [0.25, 0.3) is 0 Å². The largest absolute Gasteiger partial charge is 0.461 e. The van der Waals surface area contributed by atoms with Gasteiger partial charge >= 0.3 is 0 Å². The molecule has 220 valence electrons. The lowest BCUT2D eigenvalue weighted by atomic mass is 10.0. The predicted molar refractivity (Wildman–Crippen MR) is 163 cm³/mol. The third-order valence-electron chi connectivity index (χ3n) is 7.85. The number of ketones is 1. The molecule has 0 saturated carbocycles. The fourth-order valence-corrected chi connectivity index (χ4v) is 10.7. The van der Waals surface area contributed by atoms with Gasteiger partial charge in [-0.2, -0.15) is 0 Å². The van der Waals surface area contributed by atoms with E-state index in [4.69, 9.17) is 13.6 Å². The standard InChI is InChI=1S/C34H37F2NO4Si/c1-23-20-37(21-24(2)41-23)32-25(19-28(30(35)31(32)36)33(38)29-17-12-18-39-29)22-40-42(34(3,4)5,26-13-8-6-9-14-26)27-15-10-7-11-16-27/h6-19,23-24H,20-22H2,1-5H3. The van der Waals surface area contributed by atoms with Crippen LogP contribution in [0.2, 0.25) is 5.04 Å². The first-order valence-electron chi connectivity index (χ1n) is 14.3. The second-order valence-electron chi connectivity index (χ2n) is 12.0. The molecule has 0 aliphatic carbocycles. The Bertz CT molecular complexity index is 1470. The molecule has 1 aromatic heterocycles. The maximum absolute atomic E-state index is 16.2. The van der Waals surface area contributed by atoms with Crippen molar-refractivity contribution >= 4 is 30.2 Å². The molecule has 0 spiro atoms. The lowest BCUT2D eigenvalue weighted by molar-refractivity contribution is -0.00553. The van der Waals surface area contributed by atoms with Crippen molar-refractivity contribution < 1.29 is 27.2 Å². The van der Waals surface area contributed by atoms with Gasteiger partial charge in [-0.15, -0.1) is 0 Å². The zero-order chi connectivity index (χ0) is 30.1. The van der Waals surface area contributed by atoms with Gasteiger partial charge in [0.2, 0.25) is 5.78 Å². The first-order chi connectivity index (χ1) is 20.0. The first-order valence-corrected chi connectivity index (χ1v) is 16.2. The van der Waals surface area contributed by atoms with E-state index in [1.54, 1.807) is 6.07 Å². The summed E-state index contributed by atoms with van der Waals surface area (Å²) >= 11 is 0. The Hall–Kier alpha value is -3.59. The molecule has 0 amide bonds. The van der Waals surface area contributed by atoms with Gasteiger partial charge in [0, 0.05) is 18.7 Å². The van der Waals surface area contributed by atoms with Gasteiger partial charge in [0.1, 0.15) is 0 Å². The van der Waals surface area contributed by atoms with Crippen LogP contribution in [0.1, 0.15) is 56.3 Å². The van der Waals surface area contributed by atoms with Gasteiger partial charge in [-0.1, -0.05) is 81.4 Å². The van der Waals surface area contributed by atoms with Crippen molar-refractivity contribution in [3.63, 3.8) is 0 Å². The van der Waals surface area contributed by atoms with Crippen LogP contribution in [0.15, 0.2) is 89.5 Å². The second-order valence-corrected chi connectivity index (χ2v) is 16.3. The van der Waals surface area contributed by atoms with E-state index in [1.165, 1.54) is 18.4 Å². The number of nitrogens with zero attached hydrogens (tertiary/aromatic N) is 1. The van der Waals surface area contributed by atoms with E-state index in [2.05, 4.69) is 45.0 Å². The van der Waals surface area contributed by atoms with E-state index in [0.717, 1.165) is 10.4 Å². The molecule has 0 radical (unpaired) electrons. The second kappa shape index (κ2) is 12.0. The number of halogens is 2. The van der Waals surface area contributed by atoms with Gasteiger partial charge in [-0.25, -0.2) is 8.78 Å². The average molecular weight is 590 g/mol. The average Bonchev–Trinajstić information content (AvgIpc) is 3.50. The minimum atomic E-state index is -3.02. The number of carbonyl (C=O) groups is 1. The van der Waals surface area contributed by atoms with Crippen molar-refractivity contribution in [1.29, 1.82) is 0 Å². The van der Waals surface area contributed by atoms with E-state index in [-0.39, 0.29) is 40.9 Å². The first kappa shape index (κ1) is 29.9. The Kier molecular flexibility index (Phi) is 8.50. The van der Waals surface area contributed by atoms with Crippen molar-refractivity contribution in [1.82, 2.24) is 0 Å². The SMILES string of the molecule is CC1CN(c2c(CO[Si](c3ccccc3)(c3ccccc3)C(C)(C)C)cc(C(=O)c3ccco3)c(F)c2F)CC(C)O1. The Balaban J connectivity index is 1.68. The van der Waals surface area contributed by atoms with Crippen LogP contribution in [-0.2, 0) is 15.8 Å². The molecule has 2 atom stereocenters. The third-order valence-corrected chi connectivity index (χ3v) is 12.8. The molecule has 1 saturated heterocycles. The topological polar surface area (TPSA) is 51.9 Å². The smallest absolute Gasteiger partial charge is 0.261 e. The van der Waals surface area contributed by atoms with Crippen LogP contribution in [0.4, 0.5) is 14.5 Å². The van der Waals surface area contributed by atoms with Gasteiger partial charge in [0.05, 0.1) is 36.3 Å². The summed E-state index contributed by atoms with van der Waals surface area (Å²) in [5.74, 6) is -3.06. The van der Waals surface area contributed by atoms with E-state index in [9.17, 15) is 4.79 Å². The van der Waals surface area contributed by atoms with Crippen LogP contribution in [0, 0.1) is 11.6 Å². The van der Waals surface area contributed by atoms with Crippen molar-refractivity contribution in [3.05, 3.63) is 114 Å². The Morgan fingerprint density at radius 1 is 0.905 bits per heavy atom. The number of morpholine rings is 1. The zero-order valence-corrected chi connectivity index (χ0v) is 25.7. The van der Waals surface area contributed by atoms with E-state index in [1.807, 2.05) is 55.1 Å². The van der Waals surface area contributed by atoms with Gasteiger partial charge in [0.25, 0.3) is 8.32 Å². The molecule has 1 aliphatic rings. The molecule has 3 aromatic carbocycles. The summed E-state index contributed by atoms with van der Waals surface area (Å²) in [6.45, 7) is 11.0. The normalized spacial score (nSPS) is 17.8. The lowest BCUT2D eigenvalue weighted by Crippen LogP contribution is -2.66. The summed E-state index contributed by atoms with van der Waals surface area (Å²) in [7, 11) is -3.02. The highest BCUT2D eigenvalue weighted by molar-refractivity contribution is 6.99. The quantitative estimate of drug-likeness (QED) is 0.174. The maximum Gasteiger partial charge on any atom is 0.261 e.